The average Bonchev–Trinajstić information content (AvgIpc) is 3.16. The van der Waals surface area contributed by atoms with Gasteiger partial charge < -0.3 is 39.9 Å². The molecule has 0 amide bonds. The van der Waals surface area contributed by atoms with E-state index in [0.29, 0.717) is 12.8 Å². The minimum atomic E-state index is -5.11. The lowest BCUT2D eigenvalue weighted by Crippen LogP contribution is -2.64. The summed E-state index contributed by atoms with van der Waals surface area (Å²) < 4.78 is 33.4. The number of phosphoric acid groups is 1. The SMILES string of the molecule is CCCC/C=C/CCCCCCCC(=O)O[C@H](COC(=O)CCCCCCCCCCCCCCCCC)COP(=O)(O)OC1C(O)C(O)C(O)[C@@H](O)C1O. The topological polar surface area (TPSA) is 210 Å². The summed E-state index contributed by atoms with van der Waals surface area (Å²) in [6.45, 7) is 3.24. The van der Waals surface area contributed by atoms with Crippen LogP contribution < -0.4 is 0 Å². The van der Waals surface area contributed by atoms with Crippen molar-refractivity contribution in [2.45, 2.75) is 224 Å². The molecule has 0 bridgehead atoms. The van der Waals surface area contributed by atoms with Crippen LogP contribution in [0.15, 0.2) is 12.2 Å². The molecule has 1 aliphatic rings. The second-order valence-corrected chi connectivity index (χ2v) is 16.6. The van der Waals surface area contributed by atoms with Gasteiger partial charge in [0.25, 0.3) is 0 Å². The first kappa shape index (κ1) is 51.6. The Hall–Kier alpha value is -1.41. The molecule has 1 fully saturated rings. The molecule has 324 valence electrons. The van der Waals surface area contributed by atoms with Crippen LogP contribution in [0.5, 0.6) is 0 Å². The molecule has 0 aromatic heterocycles. The maximum atomic E-state index is 12.8. The summed E-state index contributed by atoms with van der Waals surface area (Å²) >= 11 is 0. The van der Waals surface area contributed by atoms with E-state index in [4.69, 9.17) is 18.5 Å². The number of ether oxygens (including phenoxy) is 2. The van der Waals surface area contributed by atoms with Gasteiger partial charge in [-0.05, 0) is 32.1 Å². The van der Waals surface area contributed by atoms with Gasteiger partial charge >= 0.3 is 19.8 Å². The average molecular weight is 809 g/mol. The number of aliphatic hydroxyl groups excluding tert-OH is 5. The Morgan fingerprint density at radius 3 is 1.44 bits per heavy atom. The van der Waals surface area contributed by atoms with E-state index in [9.17, 15) is 44.6 Å². The maximum absolute atomic E-state index is 12.8. The third-order valence-corrected chi connectivity index (χ3v) is 11.1. The Labute approximate surface area is 331 Å². The van der Waals surface area contributed by atoms with Gasteiger partial charge in [-0.1, -0.05) is 148 Å². The third-order valence-electron chi connectivity index (χ3n) is 10.1. The smallest absolute Gasteiger partial charge is 0.462 e. The molecule has 0 aromatic carbocycles. The lowest BCUT2D eigenvalue weighted by atomic mass is 9.85. The van der Waals surface area contributed by atoms with E-state index in [0.717, 1.165) is 57.8 Å². The molecule has 0 aromatic rings. The Morgan fingerprint density at radius 2 is 0.945 bits per heavy atom. The minimum Gasteiger partial charge on any atom is -0.462 e. The molecule has 14 heteroatoms. The van der Waals surface area contributed by atoms with E-state index in [-0.39, 0.29) is 12.8 Å². The fraction of sp³-hybridized carbons (Fsp3) is 0.902. The van der Waals surface area contributed by atoms with E-state index in [2.05, 4.69) is 26.0 Å². The first-order chi connectivity index (χ1) is 26.4. The Balaban J connectivity index is 2.48. The Morgan fingerprint density at radius 1 is 0.545 bits per heavy atom. The van der Waals surface area contributed by atoms with Crippen molar-refractivity contribution >= 4 is 19.8 Å². The number of phosphoric ester groups is 1. The zero-order valence-corrected chi connectivity index (χ0v) is 34.9. The summed E-state index contributed by atoms with van der Waals surface area (Å²) in [7, 11) is -5.11. The van der Waals surface area contributed by atoms with Gasteiger partial charge in [-0.15, -0.1) is 0 Å². The Kier molecular flexibility index (Phi) is 30.5. The molecule has 0 saturated heterocycles. The highest BCUT2D eigenvalue weighted by molar-refractivity contribution is 7.47. The Bertz CT molecular complexity index is 1030. The van der Waals surface area contributed by atoms with Gasteiger partial charge in [0.05, 0.1) is 6.61 Å². The van der Waals surface area contributed by atoms with Crippen molar-refractivity contribution in [2.75, 3.05) is 13.2 Å². The molecule has 0 radical (unpaired) electrons. The van der Waals surface area contributed by atoms with E-state index in [1.54, 1.807) is 0 Å². The number of aliphatic hydroxyl groups is 5. The van der Waals surface area contributed by atoms with Gasteiger partial charge in [0.15, 0.2) is 6.10 Å². The monoisotopic (exact) mass is 809 g/mol. The van der Waals surface area contributed by atoms with Gasteiger partial charge in [-0.2, -0.15) is 0 Å². The van der Waals surface area contributed by atoms with Crippen LogP contribution >= 0.6 is 7.82 Å². The number of esters is 2. The van der Waals surface area contributed by atoms with E-state index < -0.39 is 75.7 Å². The predicted molar refractivity (Wildman–Crippen MR) is 212 cm³/mol. The fourth-order valence-corrected chi connectivity index (χ4v) is 7.53. The van der Waals surface area contributed by atoms with Crippen molar-refractivity contribution < 1.29 is 63.1 Å². The van der Waals surface area contributed by atoms with Crippen molar-refractivity contribution in [3.05, 3.63) is 12.2 Å². The molecule has 6 unspecified atom stereocenters. The number of hydrogen-bond acceptors (Lipinski definition) is 12. The van der Waals surface area contributed by atoms with Crippen LogP contribution in [0.1, 0.15) is 181 Å². The number of allylic oxidation sites excluding steroid dienone is 2. The third kappa shape index (κ3) is 25.5. The van der Waals surface area contributed by atoms with Crippen molar-refractivity contribution in [1.82, 2.24) is 0 Å². The van der Waals surface area contributed by atoms with Crippen LogP contribution in [0.4, 0.5) is 0 Å². The molecular weight excluding hydrogens is 731 g/mol. The zero-order chi connectivity index (χ0) is 40.7. The molecule has 55 heavy (non-hydrogen) atoms. The second kappa shape index (κ2) is 32.5. The van der Waals surface area contributed by atoms with E-state index in [1.165, 1.54) is 83.5 Å². The summed E-state index contributed by atoms with van der Waals surface area (Å²) in [5.41, 5.74) is 0. The van der Waals surface area contributed by atoms with Crippen LogP contribution in [-0.2, 0) is 32.7 Å². The van der Waals surface area contributed by atoms with Gasteiger partial charge in [0, 0.05) is 12.8 Å². The zero-order valence-electron chi connectivity index (χ0n) is 34.0. The largest absolute Gasteiger partial charge is 0.472 e. The number of hydrogen-bond donors (Lipinski definition) is 6. The van der Waals surface area contributed by atoms with E-state index in [1.807, 2.05) is 0 Å². The predicted octanol–water partition coefficient (Wildman–Crippen LogP) is 7.50. The second-order valence-electron chi connectivity index (χ2n) is 15.2. The number of carbonyl (C=O) groups is 2. The highest BCUT2D eigenvalue weighted by Crippen LogP contribution is 2.47. The molecular formula is C41H77O13P. The van der Waals surface area contributed by atoms with Gasteiger partial charge in [-0.25, -0.2) is 4.57 Å². The van der Waals surface area contributed by atoms with Crippen molar-refractivity contribution in [1.29, 1.82) is 0 Å². The molecule has 0 spiro atoms. The molecule has 1 aliphatic carbocycles. The van der Waals surface area contributed by atoms with Crippen molar-refractivity contribution in [3.8, 4) is 0 Å². The van der Waals surface area contributed by atoms with Crippen LogP contribution in [0.25, 0.3) is 0 Å². The summed E-state index contributed by atoms with van der Waals surface area (Å²) in [5, 5.41) is 50.0. The minimum absolute atomic E-state index is 0.0896. The normalized spacial score (nSPS) is 23.1. The van der Waals surface area contributed by atoms with Crippen LogP contribution in [-0.4, -0.2) is 98.3 Å². The van der Waals surface area contributed by atoms with Gasteiger partial charge in [0.2, 0.25) is 0 Å². The van der Waals surface area contributed by atoms with Crippen LogP contribution in [0.3, 0.4) is 0 Å². The fourth-order valence-electron chi connectivity index (χ4n) is 6.56. The van der Waals surface area contributed by atoms with Gasteiger partial charge in [0.1, 0.15) is 43.2 Å². The number of unbranched alkanes of at least 4 members (excludes halogenated alkanes) is 21. The molecule has 13 nitrogen and oxygen atoms in total. The van der Waals surface area contributed by atoms with E-state index >= 15 is 0 Å². The molecule has 1 rings (SSSR count). The first-order valence-corrected chi connectivity index (χ1v) is 23.0. The highest BCUT2D eigenvalue weighted by Gasteiger charge is 2.51. The number of rotatable bonds is 35. The first-order valence-electron chi connectivity index (χ1n) is 21.5. The standard InChI is InChI=1S/C41H77O13P/c1-3-5-7-9-11-13-15-16-17-18-20-21-23-25-27-29-34(42)51-31-33(53-35(43)30-28-26-24-22-19-14-12-10-8-6-4-2)32-52-55(49,50)54-41-39(47)37(45)36(44)38(46)40(41)48/h10,12,33,36-41,44-48H,3-9,11,13-32H2,1-2H3,(H,49,50)/b12-10+/t33-,36?,37-,38?,39?,40?,41?/m1/s1. The van der Waals surface area contributed by atoms with Crippen molar-refractivity contribution in [2.24, 2.45) is 0 Å². The molecule has 8 atom stereocenters. The van der Waals surface area contributed by atoms with Crippen LogP contribution in [0, 0.1) is 0 Å². The van der Waals surface area contributed by atoms with Gasteiger partial charge in [-0.3, -0.25) is 18.6 Å². The summed E-state index contributed by atoms with van der Waals surface area (Å²) in [5.74, 6) is -1.10. The molecule has 0 aliphatic heterocycles. The lowest BCUT2D eigenvalue weighted by molar-refractivity contribution is -0.220. The summed E-state index contributed by atoms with van der Waals surface area (Å²) in [4.78, 5) is 35.5. The summed E-state index contributed by atoms with van der Waals surface area (Å²) in [6.07, 6.45) is 18.5. The van der Waals surface area contributed by atoms with Crippen molar-refractivity contribution in [3.63, 3.8) is 0 Å². The highest BCUT2D eigenvalue weighted by atomic mass is 31.2. The molecule has 1 saturated carbocycles. The van der Waals surface area contributed by atoms with Crippen LogP contribution in [0.2, 0.25) is 0 Å². The maximum Gasteiger partial charge on any atom is 0.472 e. The quantitative estimate of drug-likeness (QED) is 0.0159. The summed E-state index contributed by atoms with van der Waals surface area (Å²) in [6, 6.07) is 0. The molecule has 6 N–H and O–H groups in total. The lowest BCUT2D eigenvalue weighted by Gasteiger charge is -2.41. The number of carbonyl (C=O) groups excluding carboxylic acids is 2. The molecule has 0 heterocycles.